The molecule has 0 amide bonds. The van der Waals surface area contributed by atoms with Gasteiger partial charge in [0, 0.05) is 6.20 Å². The molecule has 0 aromatic carbocycles. The fourth-order valence-electron chi connectivity index (χ4n) is 1.06. The molecule has 0 unspecified atom stereocenters. The fourth-order valence-corrected chi connectivity index (χ4v) is 2.20. The highest BCUT2D eigenvalue weighted by Crippen LogP contribution is 2.27. The van der Waals surface area contributed by atoms with Crippen molar-refractivity contribution >= 4 is 16.0 Å². The van der Waals surface area contributed by atoms with Crippen molar-refractivity contribution < 1.29 is 31.5 Å². The van der Waals surface area contributed by atoms with Crippen molar-refractivity contribution in [2.24, 2.45) is 0 Å². The second-order valence-electron chi connectivity index (χ2n) is 3.56. The average molecular weight is 298 g/mol. The van der Waals surface area contributed by atoms with Crippen molar-refractivity contribution in [3.63, 3.8) is 0 Å². The lowest BCUT2D eigenvalue weighted by Gasteiger charge is -2.11. The number of carboxylic acid groups (broad SMARTS) is 1. The minimum Gasteiger partial charge on any atom is -0.480 e. The Morgan fingerprint density at radius 3 is 2.37 bits per heavy atom. The van der Waals surface area contributed by atoms with E-state index in [9.17, 15) is 26.4 Å². The van der Waals surface area contributed by atoms with E-state index in [1.54, 1.807) is 4.72 Å². The Labute approximate surface area is 106 Å². The highest BCUT2D eigenvalue weighted by Gasteiger charge is 2.32. The minimum atomic E-state index is -4.68. The van der Waals surface area contributed by atoms with Gasteiger partial charge in [0.05, 0.1) is 0 Å². The molecule has 0 saturated carbocycles. The van der Waals surface area contributed by atoms with Gasteiger partial charge in [0.1, 0.15) is 16.6 Å². The van der Waals surface area contributed by atoms with Crippen LogP contribution in [0.15, 0.2) is 23.2 Å². The number of aromatic nitrogens is 1. The van der Waals surface area contributed by atoms with Crippen LogP contribution >= 0.6 is 0 Å². The summed E-state index contributed by atoms with van der Waals surface area (Å²) in [5, 5.41) is 8.55. The van der Waals surface area contributed by atoms with Crippen LogP contribution in [0.1, 0.15) is 12.6 Å². The normalized spacial score (nSPS) is 14.1. The van der Waals surface area contributed by atoms with Crippen LogP contribution in [0.5, 0.6) is 0 Å². The molecule has 6 nitrogen and oxygen atoms in total. The van der Waals surface area contributed by atoms with Crippen LogP contribution in [0.3, 0.4) is 0 Å². The molecule has 0 saturated heterocycles. The Balaban J connectivity index is 3.01. The lowest BCUT2D eigenvalue weighted by molar-refractivity contribution is -0.141. The van der Waals surface area contributed by atoms with E-state index in [0.29, 0.717) is 18.3 Å². The van der Waals surface area contributed by atoms with E-state index in [1.807, 2.05) is 0 Å². The Morgan fingerprint density at radius 2 is 2.00 bits per heavy atom. The molecule has 0 radical (unpaired) electrons. The third-order valence-electron chi connectivity index (χ3n) is 2.04. The zero-order valence-electron chi connectivity index (χ0n) is 9.47. The lowest BCUT2D eigenvalue weighted by Crippen LogP contribution is -2.38. The maximum Gasteiger partial charge on any atom is 0.433 e. The molecular formula is C9H9F3N2O4S. The average Bonchev–Trinajstić information content (AvgIpc) is 2.27. The van der Waals surface area contributed by atoms with Crippen molar-refractivity contribution in [2.75, 3.05) is 0 Å². The highest BCUT2D eigenvalue weighted by molar-refractivity contribution is 7.89. The van der Waals surface area contributed by atoms with E-state index in [0.717, 1.165) is 6.92 Å². The van der Waals surface area contributed by atoms with Gasteiger partial charge in [-0.15, -0.1) is 0 Å². The third-order valence-corrected chi connectivity index (χ3v) is 3.57. The molecule has 2 N–H and O–H groups in total. The van der Waals surface area contributed by atoms with Gasteiger partial charge in [-0.1, -0.05) is 0 Å². The van der Waals surface area contributed by atoms with Crippen molar-refractivity contribution in [1.82, 2.24) is 9.71 Å². The summed E-state index contributed by atoms with van der Waals surface area (Å²) in [4.78, 5) is 12.9. The standard InChI is InChI=1S/C9H9F3N2O4S/c1-5(8(15)16)14-19(17,18)6-2-3-7(13-4-6)9(10,11)12/h2-5,14H,1H3,(H,15,16)/t5-/m1/s1. The Kier molecular flexibility index (Phi) is 4.15. The van der Waals surface area contributed by atoms with Gasteiger partial charge in [-0.05, 0) is 19.1 Å². The van der Waals surface area contributed by atoms with Crippen LogP contribution in [0.4, 0.5) is 13.2 Å². The topological polar surface area (TPSA) is 96.4 Å². The number of hydrogen-bond donors (Lipinski definition) is 2. The van der Waals surface area contributed by atoms with Gasteiger partial charge in [-0.2, -0.15) is 17.9 Å². The largest absolute Gasteiger partial charge is 0.480 e. The number of aliphatic carboxylic acids is 1. The fraction of sp³-hybridized carbons (Fsp3) is 0.333. The molecule has 1 aromatic heterocycles. The maximum atomic E-state index is 12.2. The van der Waals surface area contributed by atoms with E-state index in [1.165, 1.54) is 0 Å². The van der Waals surface area contributed by atoms with Crippen LogP contribution in [-0.4, -0.2) is 30.5 Å². The molecule has 1 rings (SSSR count). The van der Waals surface area contributed by atoms with E-state index in [-0.39, 0.29) is 0 Å². The first-order valence-corrected chi connectivity index (χ1v) is 6.31. The number of hydrogen-bond acceptors (Lipinski definition) is 4. The van der Waals surface area contributed by atoms with Crippen LogP contribution < -0.4 is 4.72 Å². The molecule has 1 aromatic rings. The second-order valence-corrected chi connectivity index (χ2v) is 5.27. The summed E-state index contributed by atoms with van der Waals surface area (Å²) in [6.45, 7) is 1.08. The summed E-state index contributed by atoms with van der Waals surface area (Å²) in [7, 11) is -4.23. The molecule has 106 valence electrons. The molecule has 10 heteroatoms. The molecule has 0 spiro atoms. The van der Waals surface area contributed by atoms with E-state index in [2.05, 4.69) is 4.98 Å². The smallest absolute Gasteiger partial charge is 0.433 e. The summed E-state index contributed by atoms with van der Waals surface area (Å²) in [5.74, 6) is -1.41. The van der Waals surface area contributed by atoms with Gasteiger partial charge in [-0.3, -0.25) is 9.78 Å². The van der Waals surface area contributed by atoms with Crippen molar-refractivity contribution in [2.45, 2.75) is 24.0 Å². The van der Waals surface area contributed by atoms with Crippen molar-refractivity contribution in [3.8, 4) is 0 Å². The van der Waals surface area contributed by atoms with E-state index < -0.39 is 38.8 Å². The molecule has 0 aliphatic heterocycles. The summed E-state index contributed by atoms with van der Waals surface area (Å²) in [6.07, 6.45) is -4.16. The van der Waals surface area contributed by atoms with E-state index >= 15 is 0 Å². The second kappa shape index (κ2) is 5.13. The SMILES string of the molecule is C[C@@H](NS(=O)(=O)c1ccc(C(F)(F)F)nc1)C(=O)O. The highest BCUT2D eigenvalue weighted by atomic mass is 32.2. The number of pyridine rings is 1. The van der Waals surface area contributed by atoms with Crippen LogP contribution in [0.25, 0.3) is 0 Å². The predicted octanol–water partition coefficient (Wildman–Crippen LogP) is 0.852. The summed E-state index contributed by atoms with van der Waals surface area (Å²) >= 11 is 0. The predicted molar refractivity (Wildman–Crippen MR) is 56.7 cm³/mol. The molecular weight excluding hydrogens is 289 g/mol. The van der Waals surface area contributed by atoms with Crippen LogP contribution in [0.2, 0.25) is 0 Å². The van der Waals surface area contributed by atoms with Crippen molar-refractivity contribution in [1.29, 1.82) is 0 Å². The monoisotopic (exact) mass is 298 g/mol. The first-order valence-electron chi connectivity index (χ1n) is 4.82. The number of halogens is 3. The number of alkyl halides is 3. The molecule has 0 fully saturated rings. The zero-order chi connectivity index (χ0) is 14.8. The Bertz CT molecular complexity index is 568. The molecule has 0 aliphatic rings. The zero-order valence-corrected chi connectivity index (χ0v) is 10.3. The minimum absolute atomic E-state index is 0.500. The first-order chi connectivity index (χ1) is 8.54. The molecule has 1 heterocycles. The molecule has 1 atom stereocenters. The number of sulfonamides is 1. The molecule has 0 bridgehead atoms. The quantitative estimate of drug-likeness (QED) is 0.859. The first kappa shape index (κ1) is 15.4. The van der Waals surface area contributed by atoms with Gasteiger partial charge in [0.15, 0.2) is 0 Å². The van der Waals surface area contributed by atoms with Crippen LogP contribution in [0, 0.1) is 0 Å². The summed E-state index contributed by atoms with van der Waals surface area (Å²) in [5.41, 5.74) is -1.24. The number of nitrogens with zero attached hydrogens (tertiary/aromatic N) is 1. The van der Waals surface area contributed by atoms with Gasteiger partial charge in [0.2, 0.25) is 10.0 Å². The molecule has 19 heavy (non-hydrogen) atoms. The lowest BCUT2D eigenvalue weighted by atomic mass is 10.3. The van der Waals surface area contributed by atoms with Crippen LogP contribution in [-0.2, 0) is 21.0 Å². The maximum absolute atomic E-state index is 12.2. The number of carboxylic acids is 1. The number of rotatable bonds is 4. The van der Waals surface area contributed by atoms with Gasteiger partial charge < -0.3 is 5.11 Å². The Morgan fingerprint density at radius 1 is 1.42 bits per heavy atom. The third kappa shape index (κ3) is 3.89. The molecule has 0 aliphatic carbocycles. The van der Waals surface area contributed by atoms with Crippen molar-refractivity contribution in [3.05, 3.63) is 24.0 Å². The summed E-state index contributed by atoms with van der Waals surface area (Å²) in [6, 6.07) is -0.209. The van der Waals surface area contributed by atoms with E-state index in [4.69, 9.17) is 5.11 Å². The van der Waals surface area contributed by atoms with Gasteiger partial charge >= 0.3 is 12.1 Å². The Hall–Kier alpha value is -1.68. The number of nitrogens with one attached hydrogen (secondary N) is 1. The van der Waals surface area contributed by atoms with Gasteiger partial charge in [0.25, 0.3) is 0 Å². The summed E-state index contributed by atoms with van der Waals surface area (Å²) < 4.78 is 61.7. The van der Waals surface area contributed by atoms with Gasteiger partial charge in [-0.25, -0.2) is 8.42 Å². The number of carbonyl (C=O) groups is 1.